The van der Waals surface area contributed by atoms with Crippen molar-refractivity contribution in [3.05, 3.63) is 226 Å². The van der Waals surface area contributed by atoms with Crippen molar-refractivity contribution in [2.45, 2.75) is 156 Å². The summed E-state index contributed by atoms with van der Waals surface area (Å²) in [5.41, 5.74) is 26.2. The van der Waals surface area contributed by atoms with Crippen LogP contribution in [0.4, 0.5) is 0 Å². The molecule has 3 aliphatic carbocycles. The lowest BCUT2D eigenvalue weighted by molar-refractivity contribution is 0.248. The van der Waals surface area contributed by atoms with Crippen molar-refractivity contribution in [1.82, 2.24) is 54.5 Å². The van der Waals surface area contributed by atoms with Gasteiger partial charge in [0.05, 0.1) is 32.7 Å². The zero-order valence-electron chi connectivity index (χ0n) is 52.5. The maximum atomic E-state index is 13.7. The highest BCUT2D eigenvalue weighted by Gasteiger charge is 2.23. The van der Waals surface area contributed by atoms with Crippen LogP contribution in [-0.2, 0) is 77.8 Å². The van der Waals surface area contributed by atoms with Crippen LogP contribution in [-0.4, -0.2) is 68.8 Å². The third-order valence-corrected chi connectivity index (χ3v) is 19.1. The Morgan fingerprint density at radius 2 is 0.778 bits per heavy atom. The number of nitrogens with two attached hydrogens (primary N) is 1. The van der Waals surface area contributed by atoms with Gasteiger partial charge in [0.15, 0.2) is 0 Å². The van der Waals surface area contributed by atoms with E-state index in [2.05, 4.69) is 162 Å². The highest BCUT2D eigenvalue weighted by molar-refractivity contribution is 6.06. The van der Waals surface area contributed by atoms with E-state index in [1.54, 1.807) is 0 Å². The van der Waals surface area contributed by atoms with Crippen molar-refractivity contribution in [2.75, 3.05) is 19.6 Å². The van der Waals surface area contributed by atoms with Gasteiger partial charge in [0.1, 0.15) is 16.6 Å². The lowest BCUT2D eigenvalue weighted by atomic mass is 9.90. The normalized spacial score (nSPS) is 13.8. The first-order valence-electron chi connectivity index (χ1n) is 32.9. The Morgan fingerprint density at radius 3 is 1.14 bits per heavy atom. The van der Waals surface area contributed by atoms with Gasteiger partial charge < -0.3 is 24.8 Å². The molecule has 0 unspecified atom stereocenters. The van der Waals surface area contributed by atoms with Crippen LogP contribution in [0.3, 0.4) is 0 Å². The van der Waals surface area contributed by atoms with E-state index in [1.807, 2.05) is 40.5 Å². The number of nitrogens with one attached hydrogen (secondary N) is 4. The fourth-order valence-electron chi connectivity index (χ4n) is 14.4. The molecular weight excluding hydrogens is 1120 g/mol. The Labute approximate surface area is 524 Å². The number of aryl methyl sites for hydroxylation is 12. The van der Waals surface area contributed by atoms with Crippen molar-refractivity contribution in [2.24, 2.45) is 5.73 Å². The Kier molecular flexibility index (Phi) is 18.1. The summed E-state index contributed by atoms with van der Waals surface area (Å²) in [6, 6.07) is 45.3. The average Bonchev–Trinajstić information content (AvgIpc) is 1.44. The van der Waals surface area contributed by atoms with Crippen molar-refractivity contribution in [1.29, 1.82) is 0 Å². The molecule has 0 bridgehead atoms. The fraction of sp³-hybridized carbons (Fsp3) is 0.360. The molecule has 6 heterocycles. The first-order chi connectivity index (χ1) is 44.1. The van der Waals surface area contributed by atoms with Crippen molar-refractivity contribution >= 4 is 65.4 Å². The molecule has 6 N–H and O–H groups in total. The molecule has 15 heteroatoms. The van der Waals surface area contributed by atoms with E-state index in [1.165, 1.54) is 88.6 Å². The number of hydrogen-bond acceptors (Lipinski definition) is 9. The largest absolute Gasteiger partial charge is 0.330 e. The molecule has 462 valence electrons. The number of benzene rings is 6. The molecule has 0 radical (unpaired) electrons. The lowest BCUT2D eigenvalue weighted by Gasteiger charge is -2.23. The second-order valence-corrected chi connectivity index (χ2v) is 25.3. The van der Waals surface area contributed by atoms with Gasteiger partial charge in [-0.25, -0.2) is 0 Å². The Bertz CT molecular complexity index is 4690. The summed E-state index contributed by atoms with van der Waals surface area (Å²) in [5.74, 6) is 0. The number of H-pyrrole nitrogens is 3. The van der Waals surface area contributed by atoms with Crippen LogP contribution >= 0.6 is 0 Å². The molecule has 3 aliphatic rings. The van der Waals surface area contributed by atoms with Crippen molar-refractivity contribution in [3.63, 3.8) is 0 Å². The summed E-state index contributed by atoms with van der Waals surface area (Å²) >= 11 is 0. The Morgan fingerprint density at radius 1 is 0.444 bits per heavy atom. The molecule has 15 rings (SSSR count). The second kappa shape index (κ2) is 27.1. The van der Waals surface area contributed by atoms with Gasteiger partial charge in [-0.05, 0) is 217 Å². The number of rotatable bonds is 17. The van der Waals surface area contributed by atoms with Crippen molar-refractivity contribution < 1.29 is 0 Å². The number of fused-ring (bicyclic) bond motifs is 12. The summed E-state index contributed by atoms with van der Waals surface area (Å²) in [7, 11) is 0. The minimum Gasteiger partial charge on any atom is -0.330 e. The smallest absolute Gasteiger partial charge is 0.262 e. The molecule has 6 aromatic heterocycles. The van der Waals surface area contributed by atoms with E-state index in [0.717, 1.165) is 168 Å². The van der Waals surface area contributed by atoms with Crippen LogP contribution in [0, 0.1) is 20.8 Å². The fourth-order valence-corrected chi connectivity index (χ4v) is 14.4. The first kappa shape index (κ1) is 60.2. The minimum absolute atomic E-state index is 0.0444. The van der Waals surface area contributed by atoms with E-state index in [9.17, 15) is 14.4 Å². The maximum absolute atomic E-state index is 13.7. The molecule has 0 aliphatic heterocycles. The van der Waals surface area contributed by atoms with Gasteiger partial charge in [-0.2, -0.15) is 15.3 Å². The monoisotopic (exact) mass is 1200 g/mol. The third-order valence-electron chi connectivity index (χ3n) is 19.1. The number of aromatic nitrogens is 9. The van der Waals surface area contributed by atoms with Crippen LogP contribution in [0.25, 0.3) is 65.4 Å². The van der Waals surface area contributed by atoms with Crippen molar-refractivity contribution in [3.8, 4) is 0 Å². The summed E-state index contributed by atoms with van der Waals surface area (Å²) in [6.07, 6.45) is 16.7. The average molecular weight is 1200 g/mol. The molecular formula is C75H84N12O3. The van der Waals surface area contributed by atoms with Gasteiger partial charge in [0, 0.05) is 79.1 Å². The van der Waals surface area contributed by atoms with E-state index in [-0.39, 0.29) is 16.7 Å². The zero-order chi connectivity index (χ0) is 61.7. The number of pyridine rings is 3. The SMILES string of the molecule is Cc1[nH]nc2c1c(=O)n(CCCN(Cc1ccccc1)Cc1ccccc1)c1cc3c(cc21)CCCC3.Cc1[nH]nc2c1c(=O)n(CCCN)c1cc3c(cc21)CCCC3.Cc1[nH]nc2c1c(=O)n(CCCNCc1ccccc1)c1cc3c(cc21)CCCC3. The molecule has 12 aromatic rings. The van der Waals surface area contributed by atoms with Gasteiger partial charge in [0.2, 0.25) is 0 Å². The maximum Gasteiger partial charge on any atom is 0.262 e. The van der Waals surface area contributed by atoms with Gasteiger partial charge in [-0.1, -0.05) is 91.0 Å². The highest BCUT2D eigenvalue weighted by atomic mass is 16.1. The topological polar surface area (TPSA) is 193 Å². The Balaban J connectivity index is 0.000000127. The van der Waals surface area contributed by atoms with E-state index in [0.29, 0.717) is 31.6 Å². The van der Waals surface area contributed by atoms with Crippen LogP contribution in [0.5, 0.6) is 0 Å². The first-order valence-corrected chi connectivity index (χ1v) is 32.9. The lowest BCUT2D eigenvalue weighted by Crippen LogP contribution is -2.27. The molecule has 15 nitrogen and oxygen atoms in total. The molecule has 0 spiro atoms. The molecule has 0 atom stereocenters. The van der Waals surface area contributed by atoms with Gasteiger partial charge in [-0.15, -0.1) is 0 Å². The molecule has 0 amide bonds. The summed E-state index contributed by atoms with van der Waals surface area (Å²) in [6.45, 7) is 12.8. The third kappa shape index (κ3) is 12.5. The van der Waals surface area contributed by atoms with Gasteiger partial charge >= 0.3 is 0 Å². The number of aromatic amines is 3. The highest BCUT2D eigenvalue weighted by Crippen LogP contribution is 2.34. The van der Waals surface area contributed by atoms with Crippen LogP contribution in [0.2, 0.25) is 0 Å². The quantitative estimate of drug-likeness (QED) is 0.0552. The standard InChI is InChI=1S/C32H34N4O.C25H28N4O.C18H22N4O/c1-23-30-31(34-33-23)28-19-26-15-8-9-16-27(26)20-29(28)36(32(30)37)18-10-17-35(21-24-11-4-2-5-12-24)22-25-13-6-3-7-14-25;1-17-23-24(28-27-17)21-14-19-10-5-6-11-20(19)15-22(21)29(25(23)30)13-7-12-26-16-18-8-3-2-4-9-18;1-11-16-17(21-20-11)14-9-12-5-2-3-6-13(12)10-15(14)22(18(16)23)8-4-7-19/h2-7,11-14,19-20H,8-10,15-18,21-22H2,1H3,(H,33,34);2-4,8-9,14-15,26H,5-7,10-13,16H2,1H3,(H,27,28);9-10H,2-8,19H2,1H3,(H,20,21). The molecule has 0 saturated heterocycles. The summed E-state index contributed by atoms with van der Waals surface area (Å²) in [5, 5.41) is 31.5. The molecule has 0 saturated carbocycles. The van der Waals surface area contributed by atoms with E-state index >= 15 is 0 Å². The Hall–Kier alpha value is -8.76. The number of hydrogen-bond donors (Lipinski definition) is 5. The van der Waals surface area contributed by atoms with Crippen LogP contribution < -0.4 is 27.7 Å². The zero-order valence-corrected chi connectivity index (χ0v) is 52.5. The van der Waals surface area contributed by atoms with E-state index in [4.69, 9.17) is 5.73 Å². The minimum atomic E-state index is 0.0444. The second-order valence-electron chi connectivity index (χ2n) is 25.3. The van der Waals surface area contributed by atoms with Gasteiger partial charge in [0.25, 0.3) is 16.7 Å². The predicted octanol–water partition coefficient (Wildman–Crippen LogP) is 12.8. The van der Waals surface area contributed by atoms with Crippen LogP contribution in [0.1, 0.15) is 125 Å². The number of nitrogens with zero attached hydrogens (tertiary/aromatic N) is 7. The van der Waals surface area contributed by atoms with E-state index < -0.39 is 0 Å². The molecule has 6 aromatic carbocycles. The molecule has 90 heavy (non-hydrogen) atoms. The molecule has 0 fully saturated rings. The predicted molar refractivity (Wildman–Crippen MR) is 366 cm³/mol. The van der Waals surface area contributed by atoms with Crippen LogP contribution in [0.15, 0.2) is 142 Å². The van der Waals surface area contributed by atoms with Gasteiger partial charge in [-0.3, -0.25) is 34.6 Å². The summed E-state index contributed by atoms with van der Waals surface area (Å²) in [4.78, 5) is 42.5. The summed E-state index contributed by atoms with van der Waals surface area (Å²) < 4.78 is 5.87.